The lowest BCUT2D eigenvalue weighted by atomic mass is 9.98. The molecular weight excluding hydrogens is 248 g/mol. The molecule has 2 N–H and O–H groups in total. The number of nitrogens with two attached hydrogens (primary N) is 1. The van der Waals surface area contributed by atoms with Crippen molar-refractivity contribution < 1.29 is 4.79 Å². The zero-order chi connectivity index (χ0) is 12.7. The van der Waals surface area contributed by atoms with Crippen molar-refractivity contribution in [2.24, 2.45) is 17.6 Å². The maximum Gasteiger partial charge on any atom is 0.255 e. The quantitative estimate of drug-likeness (QED) is 0.845. The van der Waals surface area contributed by atoms with Gasteiger partial charge >= 0.3 is 0 Å². The number of amides is 1. The Morgan fingerprint density at radius 3 is 2.78 bits per heavy atom. The van der Waals surface area contributed by atoms with Crippen molar-refractivity contribution in [3.63, 3.8) is 0 Å². The summed E-state index contributed by atoms with van der Waals surface area (Å²) in [6.07, 6.45) is 2.25. The molecule has 18 heavy (non-hydrogen) atoms. The molecule has 0 unspecified atom stereocenters. The Hall–Kier alpha value is -1.06. The van der Waals surface area contributed by atoms with Crippen molar-refractivity contribution in [3.05, 3.63) is 34.9 Å². The zero-order valence-electron chi connectivity index (χ0n) is 10.2. The Morgan fingerprint density at radius 2 is 2.06 bits per heavy atom. The summed E-state index contributed by atoms with van der Waals surface area (Å²) in [7, 11) is 0. The fraction of sp³-hybridized carbons (Fsp3) is 0.500. The molecule has 1 aliphatic heterocycles. The fourth-order valence-electron chi connectivity index (χ4n) is 3.28. The van der Waals surface area contributed by atoms with E-state index in [0.29, 0.717) is 22.4 Å². The second-order valence-electron chi connectivity index (χ2n) is 5.36. The number of carbonyl (C=O) groups excluding carboxylic acids is 1. The van der Waals surface area contributed by atoms with Crippen LogP contribution in [-0.2, 0) is 0 Å². The van der Waals surface area contributed by atoms with Crippen LogP contribution in [0, 0.1) is 11.8 Å². The van der Waals surface area contributed by atoms with Gasteiger partial charge in [-0.2, -0.15) is 0 Å². The Balaban J connectivity index is 1.78. The number of rotatable bonds is 1. The molecule has 2 aliphatic rings. The SMILES string of the molecule is N[C@@H]1CC[C@H]2CN(C(=O)c3ccccc3Cl)C[C@H]21. The van der Waals surface area contributed by atoms with E-state index in [1.54, 1.807) is 12.1 Å². The van der Waals surface area contributed by atoms with Gasteiger partial charge in [-0.25, -0.2) is 0 Å². The standard InChI is InChI=1S/C14H17ClN2O/c15-12-4-2-1-3-10(12)14(18)17-7-9-5-6-13(16)11(9)8-17/h1-4,9,11,13H,5-8,16H2/t9-,11+,13+/m0/s1. The van der Waals surface area contributed by atoms with Gasteiger partial charge in [-0.05, 0) is 36.8 Å². The fourth-order valence-corrected chi connectivity index (χ4v) is 3.49. The van der Waals surface area contributed by atoms with E-state index in [1.807, 2.05) is 17.0 Å². The van der Waals surface area contributed by atoms with Crippen molar-refractivity contribution in [3.8, 4) is 0 Å². The van der Waals surface area contributed by atoms with Crippen LogP contribution in [0.25, 0.3) is 0 Å². The van der Waals surface area contributed by atoms with Gasteiger partial charge in [0.1, 0.15) is 0 Å². The summed E-state index contributed by atoms with van der Waals surface area (Å²) in [5, 5.41) is 0.531. The van der Waals surface area contributed by atoms with Gasteiger partial charge in [-0.15, -0.1) is 0 Å². The van der Waals surface area contributed by atoms with Gasteiger partial charge in [-0.1, -0.05) is 23.7 Å². The summed E-state index contributed by atoms with van der Waals surface area (Å²) in [4.78, 5) is 14.3. The molecule has 4 heteroatoms. The molecular formula is C14H17ClN2O. The molecule has 0 spiro atoms. The third-order valence-corrected chi connectivity index (χ3v) is 4.63. The number of hydrogen-bond donors (Lipinski definition) is 1. The van der Waals surface area contributed by atoms with Crippen LogP contribution in [0.4, 0.5) is 0 Å². The number of hydrogen-bond acceptors (Lipinski definition) is 2. The first-order valence-electron chi connectivity index (χ1n) is 6.46. The number of halogens is 1. The highest BCUT2D eigenvalue weighted by Crippen LogP contribution is 2.37. The van der Waals surface area contributed by atoms with E-state index < -0.39 is 0 Å². The molecule has 1 aliphatic carbocycles. The molecule has 0 aromatic heterocycles. The summed E-state index contributed by atoms with van der Waals surface area (Å²) in [5.74, 6) is 1.12. The summed E-state index contributed by atoms with van der Waals surface area (Å²) in [6.45, 7) is 1.62. The lowest BCUT2D eigenvalue weighted by Crippen LogP contribution is -2.33. The largest absolute Gasteiger partial charge is 0.338 e. The molecule has 0 radical (unpaired) electrons. The Kier molecular flexibility index (Phi) is 3.04. The summed E-state index contributed by atoms with van der Waals surface area (Å²) >= 11 is 6.07. The molecule has 1 saturated carbocycles. The summed E-state index contributed by atoms with van der Waals surface area (Å²) in [5.41, 5.74) is 6.69. The number of fused-ring (bicyclic) bond motifs is 1. The van der Waals surface area contributed by atoms with Gasteiger partial charge in [-0.3, -0.25) is 4.79 Å². The average Bonchev–Trinajstić information content (AvgIpc) is 2.92. The van der Waals surface area contributed by atoms with Crippen LogP contribution < -0.4 is 5.73 Å². The number of benzene rings is 1. The van der Waals surface area contributed by atoms with Gasteiger partial charge in [0.15, 0.2) is 0 Å². The number of likely N-dealkylation sites (tertiary alicyclic amines) is 1. The summed E-state index contributed by atoms with van der Waals surface area (Å²) in [6, 6.07) is 7.50. The average molecular weight is 265 g/mol. The van der Waals surface area contributed by atoms with E-state index in [1.165, 1.54) is 0 Å². The van der Waals surface area contributed by atoms with E-state index >= 15 is 0 Å². The zero-order valence-corrected chi connectivity index (χ0v) is 10.9. The molecule has 1 aromatic carbocycles. The first kappa shape index (κ1) is 12.0. The topological polar surface area (TPSA) is 46.3 Å². The molecule has 1 aromatic rings. The molecule has 1 saturated heterocycles. The minimum Gasteiger partial charge on any atom is -0.338 e. The monoisotopic (exact) mass is 264 g/mol. The highest BCUT2D eigenvalue weighted by molar-refractivity contribution is 6.33. The van der Waals surface area contributed by atoms with Crippen molar-refractivity contribution in [1.29, 1.82) is 0 Å². The molecule has 0 bridgehead atoms. The third-order valence-electron chi connectivity index (χ3n) is 4.30. The van der Waals surface area contributed by atoms with E-state index in [-0.39, 0.29) is 11.9 Å². The van der Waals surface area contributed by atoms with Crippen LogP contribution in [0.1, 0.15) is 23.2 Å². The normalized spacial score (nSPS) is 30.6. The minimum atomic E-state index is 0.0437. The second kappa shape index (κ2) is 4.56. The van der Waals surface area contributed by atoms with Crippen molar-refractivity contribution in [1.82, 2.24) is 4.90 Å². The first-order chi connectivity index (χ1) is 8.66. The second-order valence-corrected chi connectivity index (χ2v) is 5.76. The van der Waals surface area contributed by atoms with Crippen LogP contribution in [0.2, 0.25) is 5.02 Å². The summed E-state index contributed by atoms with van der Waals surface area (Å²) < 4.78 is 0. The third kappa shape index (κ3) is 1.91. The molecule has 2 fully saturated rings. The van der Waals surface area contributed by atoms with Crippen molar-refractivity contribution in [2.75, 3.05) is 13.1 Å². The van der Waals surface area contributed by atoms with E-state index in [2.05, 4.69) is 0 Å². The van der Waals surface area contributed by atoms with Gasteiger partial charge in [0.05, 0.1) is 10.6 Å². The van der Waals surface area contributed by atoms with Gasteiger partial charge in [0.25, 0.3) is 5.91 Å². The number of nitrogens with zero attached hydrogens (tertiary/aromatic N) is 1. The molecule has 1 heterocycles. The highest BCUT2D eigenvalue weighted by Gasteiger charge is 2.42. The predicted octanol–water partition coefficient (Wildman–Crippen LogP) is 2.15. The van der Waals surface area contributed by atoms with Gasteiger partial charge < -0.3 is 10.6 Å². The molecule has 96 valence electrons. The molecule has 1 amide bonds. The number of carbonyl (C=O) groups is 1. The van der Waals surface area contributed by atoms with Crippen LogP contribution in [0.15, 0.2) is 24.3 Å². The Labute approximate surface area is 112 Å². The van der Waals surface area contributed by atoms with Crippen LogP contribution in [0.3, 0.4) is 0 Å². The predicted molar refractivity (Wildman–Crippen MR) is 71.5 cm³/mol. The van der Waals surface area contributed by atoms with E-state index in [0.717, 1.165) is 25.9 Å². The molecule has 3 atom stereocenters. The first-order valence-corrected chi connectivity index (χ1v) is 6.84. The molecule has 3 rings (SSSR count). The van der Waals surface area contributed by atoms with Crippen LogP contribution in [0.5, 0.6) is 0 Å². The minimum absolute atomic E-state index is 0.0437. The van der Waals surface area contributed by atoms with E-state index in [9.17, 15) is 4.79 Å². The van der Waals surface area contributed by atoms with Crippen molar-refractivity contribution in [2.45, 2.75) is 18.9 Å². The van der Waals surface area contributed by atoms with E-state index in [4.69, 9.17) is 17.3 Å². The van der Waals surface area contributed by atoms with Crippen LogP contribution in [-0.4, -0.2) is 29.9 Å². The van der Waals surface area contributed by atoms with Gasteiger partial charge in [0.2, 0.25) is 0 Å². The lowest BCUT2D eigenvalue weighted by Gasteiger charge is -2.19. The smallest absolute Gasteiger partial charge is 0.255 e. The maximum absolute atomic E-state index is 12.4. The van der Waals surface area contributed by atoms with Gasteiger partial charge in [0, 0.05) is 19.1 Å². The van der Waals surface area contributed by atoms with Crippen molar-refractivity contribution >= 4 is 17.5 Å². The van der Waals surface area contributed by atoms with Crippen LogP contribution >= 0.6 is 11.6 Å². The Morgan fingerprint density at radius 1 is 1.28 bits per heavy atom. The Bertz CT molecular complexity index is 477. The molecule has 3 nitrogen and oxygen atoms in total. The maximum atomic E-state index is 12.4. The highest BCUT2D eigenvalue weighted by atomic mass is 35.5. The lowest BCUT2D eigenvalue weighted by molar-refractivity contribution is 0.0780.